The first kappa shape index (κ1) is 16.5. The van der Waals surface area contributed by atoms with Crippen molar-refractivity contribution in [2.75, 3.05) is 13.2 Å². The second-order valence-corrected chi connectivity index (χ2v) is 5.96. The highest BCUT2D eigenvalue weighted by molar-refractivity contribution is 5.94. The van der Waals surface area contributed by atoms with Crippen molar-refractivity contribution in [1.82, 2.24) is 10.5 Å². The van der Waals surface area contributed by atoms with E-state index in [-0.39, 0.29) is 12.0 Å². The molecule has 1 aliphatic heterocycles. The first-order valence-electron chi connectivity index (χ1n) is 8.18. The molecule has 1 aliphatic rings. The SMILES string of the molecule is Cc1noc(C)c1COc1cccc(C(=O)NC[C@H]2CCCO2)c1. The summed E-state index contributed by atoms with van der Waals surface area (Å²) in [5.74, 6) is 1.27. The average molecular weight is 330 g/mol. The van der Waals surface area contributed by atoms with Crippen molar-refractivity contribution in [3.63, 3.8) is 0 Å². The third-order valence-electron chi connectivity index (χ3n) is 4.17. The second kappa shape index (κ2) is 7.49. The number of hydrogen-bond acceptors (Lipinski definition) is 5. The molecule has 2 heterocycles. The lowest BCUT2D eigenvalue weighted by Gasteiger charge is -2.11. The van der Waals surface area contributed by atoms with Crippen molar-refractivity contribution in [1.29, 1.82) is 0 Å². The Kier molecular flexibility index (Phi) is 5.15. The minimum absolute atomic E-state index is 0.117. The fourth-order valence-electron chi connectivity index (χ4n) is 2.70. The van der Waals surface area contributed by atoms with Crippen LogP contribution in [0.1, 0.15) is 40.2 Å². The number of nitrogens with one attached hydrogen (secondary N) is 1. The molecule has 0 unspecified atom stereocenters. The van der Waals surface area contributed by atoms with Gasteiger partial charge in [0.2, 0.25) is 0 Å². The summed E-state index contributed by atoms with van der Waals surface area (Å²) in [5.41, 5.74) is 2.32. The smallest absolute Gasteiger partial charge is 0.251 e. The molecular formula is C18H22N2O4. The lowest BCUT2D eigenvalue weighted by molar-refractivity contribution is 0.0857. The fourth-order valence-corrected chi connectivity index (χ4v) is 2.70. The molecule has 6 heteroatoms. The monoisotopic (exact) mass is 330 g/mol. The standard InChI is InChI=1S/C18H22N2O4/c1-12-17(13(2)24-20-12)11-23-15-6-3-5-14(9-15)18(21)19-10-16-7-4-8-22-16/h3,5-6,9,16H,4,7-8,10-11H2,1-2H3,(H,19,21)/t16-/m1/s1. The maximum Gasteiger partial charge on any atom is 0.251 e. The Morgan fingerprint density at radius 1 is 1.42 bits per heavy atom. The van der Waals surface area contributed by atoms with E-state index in [1.54, 1.807) is 12.1 Å². The van der Waals surface area contributed by atoms with E-state index >= 15 is 0 Å². The van der Waals surface area contributed by atoms with Crippen LogP contribution >= 0.6 is 0 Å². The maximum atomic E-state index is 12.2. The zero-order valence-electron chi connectivity index (χ0n) is 14.0. The van der Waals surface area contributed by atoms with Crippen LogP contribution in [-0.4, -0.2) is 30.3 Å². The number of aryl methyl sites for hydroxylation is 2. The molecule has 1 N–H and O–H groups in total. The summed E-state index contributed by atoms with van der Waals surface area (Å²) in [7, 11) is 0. The van der Waals surface area contributed by atoms with Gasteiger partial charge in [-0.05, 0) is 44.9 Å². The summed E-state index contributed by atoms with van der Waals surface area (Å²) in [6.45, 7) is 5.43. The topological polar surface area (TPSA) is 73.6 Å². The van der Waals surface area contributed by atoms with Crippen molar-refractivity contribution in [3.05, 3.63) is 46.8 Å². The summed E-state index contributed by atoms with van der Waals surface area (Å²) in [5, 5.41) is 6.82. The van der Waals surface area contributed by atoms with Crippen molar-refractivity contribution >= 4 is 5.91 Å². The predicted molar refractivity (Wildman–Crippen MR) is 88.1 cm³/mol. The van der Waals surface area contributed by atoms with Gasteiger partial charge >= 0.3 is 0 Å². The van der Waals surface area contributed by atoms with E-state index in [9.17, 15) is 4.79 Å². The van der Waals surface area contributed by atoms with Gasteiger partial charge in [-0.1, -0.05) is 11.2 Å². The van der Waals surface area contributed by atoms with E-state index in [1.807, 2.05) is 26.0 Å². The Labute approximate surface area is 141 Å². The van der Waals surface area contributed by atoms with Gasteiger partial charge in [0.1, 0.15) is 18.1 Å². The van der Waals surface area contributed by atoms with Crippen LogP contribution in [0.3, 0.4) is 0 Å². The predicted octanol–water partition coefficient (Wildman–Crippen LogP) is 2.78. The number of carbonyl (C=O) groups excluding carboxylic acids is 1. The highest BCUT2D eigenvalue weighted by Crippen LogP contribution is 2.18. The van der Waals surface area contributed by atoms with Crippen LogP contribution in [0.2, 0.25) is 0 Å². The van der Waals surface area contributed by atoms with E-state index < -0.39 is 0 Å². The zero-order chi connectivity index (χ0) is 16.9. The molecule has 0 saturated carbocycles. The van der Waals surface area contributed by atoms with E-state index in [4.69, 9.17) is 14.0 Å². The quantitative estimate of drug-likeness (QED) is 0.881. The van der Waals surface area contributed by atoms with Crippen LogP contribution in [0.25, 0.3) is 0 Å². The molecule has 1 saturated heterocycles. The number of nitrogens with zero attached hydrogens (tertiary/aromatic N) is 1. The number of aromatic nitrogens is 1. The Morgan fingerprint density at radius 2 is 2.29 bits per heavy atom. The van der Waals surface area contributed by atoms with Gasteiger partial charge in [0, 0.05) is 18.7 Å². The molecular weight excluding hydrogens is 308 g/mol. The number of rotatable bonds is 6. The molecule has 1 amide bonds. The number of hydrogen-bond donors (Lipinski definition) is 1. The summed E-state index contributed by atoms with van der Waals surface area (Å²) < 4.78 is 16.4. The maximum absolute atomic E-state index is 12.2. The van der Waals surface area contributed by atoms with Crippen molar-refractivity contribution in [3.8, 4) is 5.75 Å². The average Bonchev–Trinajstić information content (AvgIpc) is 3.22. The lowest BCUT2D eigenvalue weighted by atomic mass is 10.2. The summed E-state index contributed by atoms with van der Waals surface area (Å²) >= 11 is 0. The van der Waals surface area contributed by atoms with Gasteiger partial charge in [0.25, 0.3) is 5.91 Å². The van der Waals surface area contributed by atoms with E-state index in [0.29, 0.717) is 24.5 Å². The molecule has 0 bridgehead atoms. The highest BCUT2D eigenvalue weighted by atomic mass is 16.5. The van der Waals surface area contributed by atoms with Gasteiger partial charge in [-0.15, -0.1) is 0 Å². The van der Waals surface area contributed by atoms with Gasteiger partial charge in [0.15, 0.2) is 0 Å². The molecule has 1 aromatic heterocycles. The van der Waals surface area contributed by atoms with Crippen molar-refractivity contribution in [2.24, 2.45) is 0 Å². The van der Waals surface area contributed by atoms with Crippen molar-refractivity contribution in [2.45, 2.75) is 39.4 Å². The molecule has 1 atom stereocenters. The molecule has 6 nitrogen and oxygen atoms in total. The number of ether oxygens (including phenoxy) is 2. The summed E-state index contributed by atoms with van der Waals surface area (Å²) in [6, 6.07) is 7.15. The summed E-state index contributed by atoms with van der Waals surface area (Å²) in [4.78, 5) is 12.2. The minimum atomic E-state index is -0.117. The zero-order valence-corrected chi connectivity index (χ0v) is 14.0. The molecule has 0 radical (unpaired) electrons. The first-order valence-corrected chi connectivity index (χ1v) is 8.18. The van der Waals surface area contributed by atoms with Gasteiger partial charge in [0.05, 0.1) is 17.4 Å². The van der Waals surface area contributed by atoms with Gasteiger partial charge in [-0.25, -0.2) is 0 Å². The Hall–Kier alpha value is -2.34. The van der Waals surface area contributed by atoms with Crippen LogP contribution in [0, 0.1) is 13.8 Å². The molecule has 24 heavy (non-hydrogen) atoms. The Bertz CT molecular complexity index is 685. The van der Waals surface area contributed by atoms with Gasteiger partial charge in [-0.3, -0.25) is 4.79 Å². The van der Waals surface area contributed by atoms with Crippen LogP contribution in [-0.2, 0) is 11.3 Å². The van der Waals surface area contributed by atoms with Gasteiger partial charge in [-0.2, -0.15) is 0 Å². The largest absolute Gasteiger partial charge is 0.489 e. The van der Waals surface area contributed by atoms with Crippen LogP contribution in [0.5, 0.6) is 5.75 Å². The molecule has 2 aromatic rings. The van der Waals surface area contributed by atoms with E-state index in [1.165, 1.54) is 0 Å². The third-order valence-corrected chi connectivity index (χ3v) is 4.17. The molecule has 0 aliphatic carbocycles. The number of amides is 1. The third kappa shape index (κ3) is 3.94. The molecule has 1 aromatic carbocycles. The highest BCUT2D eigenvalue weighted by Gasteiger charge is 2.17. The number of benzene rings is 1. The van der Waals surface area contributed by atoms with E-state index in [0.717, 1.165) is 36.5 Å². The second-order valence-electron chi connectivity index (χ2n) is 5.96. The molecule has 0 spiro atoms. The van der Waals surface area contributed by atoms with Crippen molar-refractivity contribution < 1.29 is 18.8 Å². The minimum Gasteiger partial charge on any atom is -0.489 e. The Balaban J connectivity index is 1.58. The van der Waals surface area contributed by atoms with Gasteiger partial charge < -0.3 is 19.3 Å². The normalized spacial score (nSPS) is 17.0. The molecule has 3 rings (SSSR count). The van der Waals surface area contributed by atoms with Crippen LogP contribution < -0.4 is 10.1 Å². The summed E-state index contributed by atoms with van der Waals surface area (Å²) in [6.07, 6.45) is 2.19. The van der Waals surface area contributed by atoms with E-state index in [2.05, 4.69) is 10.5 Å². The van der Waals surface area contributed by atoms with Crippen LogP contribution in [0.4, 0.5) is 0 Å². The first-order chi connectivity index (χ1) is 11.6. The fraction of sp³-hybridized carbons (Fsp3) is 0.444. The van der Waals surface area contributed by atoms with Crippen LogP contribution in [0.15, 0.2) is 28.8 Å². The lowest BCUT2D eigenvalue weighted by Crippen LogP contribution is -2.31. The Morgan fingerprint density at radius 3 is 3.00 bits per heavy atom. The molecule has 128 valence electrons. The number of carbonyl (C=O) groups is 1. The molecule has 1 fully saturated rings.